The average Bonchev–Trinajstić information content (AvgIpc) is 3.76. The number of aromatic nitrogens is 1. The number of esters is 1. The number of halogens is 18. The summed E-state index contributed by atoms with van der Waals surface area (Å²) in [7, 11) is 0. The molecular formula is C36H28F18N2O4S. The van der Waals surface area contributed by atoms with Gasteiger partial charge in [-0.3, -0.25) is 0 Å². The van der Waals surface area contributed by atoms with Crippen molar-refractivity contribution in [1.82, 2.24) is 10.3 Å². The van der Waals surface area contributed by atoms with Gasteiger partial charge in [0.1, 0.15) is 18.2 Å². The number of carbonyl (C=O) groups is 2. The molecule has 1 aliphatic rings. The number of benzene rings is 2. The molecule has 1 heterocycles. The van der Waals surface area contributed by atoms with Crippen molar-refractivity contribution in [3.8, 4) is 11.1 Å². The van der Waals surface area contributed by atoms with Crippen LogP contribution in [0.3, 0.4) is 0 Å². The Morgan fingerprint density at radius 1 is 0.721 bits per heavy atom. The summed E-state index contributed by atoms with van der Waals surface area (Å²) in [4.78, 5) is 29.0. The first-order valence-electron chi connectivity index (χ1n) is 17.1. The third-order valence-electron chi connectivity index (χ3n) is 9.30. The van der Waals surface area contributed by atoms with Crippen LogP contribution in [0.25, 0.3) is 11.1 Å². The summed E-state index contributed by atoms with van der Waals surface area (Å²) in [5.41, 5.74) is -0.724. The van der Waals surface area contributed by atoms with E-state index in [1.54, 1.807) is 0 Å². The molecule has 0 unspecified atom stereocenters. The molecule has 0 saturated heterocycles. The van der Waals surface area contributed by atoms with Crippen LogP contribution in [0.5, 0.6) is 0 Å². The van der Waals surface area contributed by atoms with Crippen LogP contribution in [-0.4, -0.2) is 78.1 Å². The first-order valence-corrected chi connectivity index (χ1v) is 17.9. The molecule has 1 aromatic heterocycles. The molecule has 1 N–H and O–H groups in total. The second-order valence-electron chi connectivity index (χ2n) is 13.5. The molecule has 0 spiro atoms. The number of aryl methyl sites for hydroxylation is 2. The van der Waals surface area contributed by atoms with E-state index in [0.29, 0.717) is 0 Å². The monoisotopic (exact) mass is 926 g/mol. The number of nitrogens with zero attached hydrogens (tertiary/aromatic N) is 1. The van der Waals surface area contributed by atoms with Crippen LogP contribution in [0.2, 0.25) is 0 Å². The highest BCUT2D eigenvalue weighted by atomic mass is 32.1. The normalized spacial score (nSPS) is 14.9. The number of hydrogen-bond donors (Lipinski definition) is 1. The number of nitrogens with one attached hydrogen (secondary N) is 1. The second kappa shape index (κ2) is 16.9. The fraction of sp³-hybridized carbons (Fsp3) is 0.472. The van der Waals surface area contributed by atoms with E-state index in [2.05, 4.69) is 16.9 Å². The number of thiazole rings is 1. The topological polar surface area (TPSA) is 77.5 Å². The van der Waals surface area contributed by atoms with Crippen molar-refractivity contribution in [2.24, 2.45) is 0 Å². The first-order chi connectivity index (χ1) is 27.7. The third-order valence-corrected chi connectivity index (χ3v) is 10.3. The van der Waals surface area contributed by atoms with Gasteiger partial charge >= 0.3 is 60.0 Å². The number of alkyl halides is 18. The molecule has 0 fully saturated rings. The van der Waals surface area contributed by atoms with Crippen LogP contribution in [0.4, 0.5) is 83.8 Å². The molecule has 6 nitrogen and oxygen atoms in total. The number of hydrogen-bond acceptors (Lipinski definition) is 6. The lowest BCUT2D eigenvalue weighted by atomic mass is 9.92. The van der Waals surface area contributed by atoms with E-state index in [1.807, 2.05) is 0 Å². The highest BCUT2D eigenvalue weighted by Gasteiger charge is 2.82. The number of ether oxygens (including phenoxy) is 2. The quantitative estimate of drug-likeness (QED) is 0.0829. The molecule has 1 amide bonds. The van der Waals surface area contributed by atoms with E-state index in [4.69, 9.17) is 9.47 Å². The predicted molar refractivity (Wildman–Crippen MR) is 178 cm³/mol. The Morgan fingerprint density at radius 2 is 1.16 bits per heavy atom. The van der Waals surface area contributed by atoms with E-state index in [0.717, 1.165) is 47.7 Å². The Kier molecular flexibility index (Phi) is 13.5. The van der Waals surface area contributed by atoms with Crippen molar-refractivity contribution >= 4 is 23.4 Å². The van der Waals surface area contributed by atoms with E-state index in [-0.39, 0.29) is 50.7 Å². The standard InChI is InChI=1S/C36H28F18N2O4S/c1-3-12-59-27(57)25-16-61-26(56-25)17(2)55-28(58)60-15-24-22-13-18(8-10-29(37,38)31(41,42)33(45,46)35(49,50)51)4-6-20(22)21-7-5-19(14-23(21)24)9-11-30(39,40)32(43,44)34(47,48)36(52,53)54/h3-7,13-14,16-17,24H,1,8-12,15H2,2H3,(H,55,58)/t17-/m0/s1. The lowest BCUT2D eigenvalue weighted by molar-refractivity contribution is -0.396. The Balaban J connectivity index is 1.62. The van der Waals surface area contributed by atoms with Crippen molar-refractivity contribution in [1.29, 1.82) is 0 Å². The molecule has 0 bridgehead atoms. The Bertz CT molecular complexity index is 1990. The van der Waals surface area contributed by atoms with Gasteiger partial charge in [0.05, 0.1) is 6.04 Å². The van der Waals surface area contributed by atoms with Crippen molar-refractivity contribution in [2.75, 3.05) is 13.2 Å². The summed E-state index contributed by atoms with van der Waals surface area (Å²) in [6, 6.07) is 5.20. The van der Waals surface area contributed by atoms with Crippen LogP contribution < -0.4 is 5.32 Å². The molecule has 4 rings (SSSR count). The minimum absolute atomic E-state index is 0.0366. The van der Waals surface area contributed by atoms with Crippen molar-refractivity contribution in [3.63, 3.8) is 0 Å². The number of alkyl carbamates (subject to hydrolysis) is 1. The van der Waals surface area contributed by atoms with Crippen LogP contribution in [0.15, 0.2) is 54.4 Å². The maximum Gasteiger partial charge on any atom is 0.460 e. The molecule has 338 valence electrons. The van der Waals surface area contributed by atoms with Crippen molar-refractivity contribution < 1.29 is 98.1 Å². The summed E-state index contributed by atoms with van der Waals surface area (Å²) in [5.74, 6) is -42.2. The van der Waals surface area contributed by atoms with Gasteiger partial charge in [-0.1, -0.05) is 49.1 Å². The van der Waals surface area contributed by atoms with Gasteiger partial charge in [-0.05, 0) is 53.1 Å². The molecule has 0 aliphatic heterocycles. The maximum absolute atomic E-state index is 14.4. The van der Waals surface area contributed by atoms with E-state index >= 15 is 0 Å². The van der Waals surface area contributed by atoms with Crippen molar-refractivity contribution in [3.05, 3.63) is 87.4 Å². The van der Waals surface area contributed by atoms with Gasteiger partial charge in [-0.25, -0.2) is 14.6 Å². The molecule has 1 atom stereocenters. The van der Waals surface area contributed by atoms with Crippen LogP contribution in [-0.2, 0) is 22.3 Å². The fourth-order valence-electron chi connectivity index (χ4n) is 5.91. The summed E-state index contributed by atoms with van der Waals surface area (Å²) >= 11 is 0.906. The highest BCUT2D eigenvalue weighted by Crippen LogP contribution is 2.56. The van der Waals surface area contributed by atoms with E-state index < -0.39 is 104 Å². The Morgan fingerprint density at radius 3 is 1.57 bits per heavy atom. The first kappa shape index (κ1) is 49.0. The molecule has 25 heteroatoms. The van der Waals surface area contributed by atoms with E-state index in [1.165, 1.54) is 18.4 Å². The van der Waals surface area contributed by atoms with Crippen LogP contribution in [0, 0.1) is 0 Å². The minimum Gasteiger partial charge on any atom is -0.457 e. The number of carbonyl (C=O) groups excluding carboxylic acids is 2. The third kappa shape index (κ3) is 9.39. The van der Waals surface area contributed by atoms with Gasteiger partial charge in [0.15, 0.2) is 5.69 Å². The lowest BCUT2D eigenvalue weighted by Gasteiger charge is -2.33. The van der Waals surface area contributed by atoms with Crippen LogP contribution in [0.1, 0.15) is 69.5 Å². The largest absolute Gasteiger partial charge is 0.460 e. The van der Waals surface area contributed by atoms with E-state index in [9.17, 15) is 88.6 Å². The summed E-state index contributed by atoms with van der Waals surface area (Å²) in [5, 5.41) is 3.81. The zero-order chi connectivity index (χ0) is 46.4. The summed E-state index contributed by atoms with van der Waals surface area (Å²) in [6.45, 7) is 3.85. The summed E-state index contributed by atoms with van der Waals surface area (Å²) in [6.07, 6.45) is -21.1. The Hall–Kier alpha value is -4.71. The molecule has 3 aromatic rings. The Labute approximate surface area is 335 Å². The number of fused-ring (bicyclic) bond motifs is 3. The lowest BCUT2D eigenvalue weighted by Crippen LogP contribution is -2.60. The van der Waals surface area contributed by atoms with Gasteiger partial charge in [0.2, 0.25) is 0 Å². The SMILES string of the molecule is C=CCOC(=O)c1csc([C@H](C)NC(=O)OCC2c3cc(CCC(F)(F)C(F)(F)C(F)(F)C(F)(F)F)ccc3-c3ccc(CCC(F)(F)C(F)(F)C(F)(F)C(F)(F)F)cc32)n1. The molecule has 61 heavy (non-hydrogen) atoms. The van der Waals surface area contributed by atoms with Gasteiger partial charge in [0.25, 0.3) is 0 Å². The molecular weight excluding hydrogens is 898 g/mol. The molecule has 0 radical (unpaired) electrons. The zero-order valence-corrected chi connectivity index (χ0v) is 31.3. The van der Waals surface area contributed by atoms with Gasteiger partial charge in [0, 0.05) is 24.1 Å². The zero-order valence-electron chi connectivity index (χ0n) is 30.5. The fourth-order valence-corrected chi connectivity index (χ4v) is 6.71. The molecule has 2 aromatic carbocycles. The second-order valence-corrected chi connectivity index (χ2v) is 14.4. The maximum atomic E-state index is 14.4. The predicted octanol–water partition coefficient (Wildman–Crippen LogP) is 11.9. The number of amides is 1. The minimum atomic E-state index is -7.15. The summed E-state index contributed by atoms with van der Waals surface area (Å²) < 4.78 is 253. The van der Waals surface area contributed by atoms with Gasteiger partial charge < -0.3 is 14.8 Å². The van der Waals surface area contributed by atoms with Gasteiger partial charge in [-0.15, -0.1) is 11.3 Å². The highest BCUT2D eigenvalue weighted by molar-refractivity contribution is 7.09. The van der Waals surface area contributed by atoms with Crippen molar-refractivity contribution in [2.45, 2.75) is 92.5 Å². The number of rotatable bonds is 17. The van der Waals surface area contributed by atoms with Crippen LogP contribution >= 0.6 is 11.3 Å². The molecule has 1 aliphatic carbocycles. The average molecular weight is 927 g/mol. The van der Waals surface area contributed by atoms with Gasteiger partial charge in [-0.2, -0.15) is 79.0 Å². The smallest absolute Gasteiger partial charge is 0.457 e. The molecule has 0 saturated carbocycles.